The van der Waals surface area contributed by atoms with Gasteiger partial charge in [0.1, 0.15) is 6.04 Å². The number of hydrogen-bond donors (Lipinski definition) is 0. The van der Waals surface area contributed by atoms with E-state index in [4.69, 9.17) is 0 Å². The number of nitrogens with zero attached hydrogens (tertiary/aromatic N) is 2. The van der Waals surface area contributed by atoms with E-state index in [2.05, 4.69) is 15.9 Å². The molecule has 1 atom stereocenters. The van der Waals surface area contributed by atoms with Gasteiger partial charge in [-0.05, 0) is 31.2 Å². The topological polar surface area (TPSA) is 40.6 Å². The zero-order valence-electron chi connectivity index (χ0n) is 12.0. The Morgan fingerprint density at radius 1 is 1.25 bits per heavy atom. The number of rotatable bonds is 2. The molecule has 0 bridgehead atoms. The van der Waals surface area contributed by atoms with Crippen LogP contribution in [0.5, 0.6) is 0 Å². The highest BCUT2D eigenvalue weighted by Crippen LogP contribution is 2.23. The van der Waals surface area contributed by atoms with Crippen molar-refractivity contribution >= 4 is 33.4 Å². The molecule has 2 amide bonds. The molecule has 1 unspecified atom stereocenters. The van der Waals surface area contributed by atoms with E-state index in [9.17, 15) is 9.59 Å². The first-order valence-electron chi connectivity index (χ1n) is 6.79. The predicted molar refractivity (Wildman–Crippen MR) is 82.5 cm³/mol. The maximum atomic E-state index is 12.5. The van der Waals surface area contributed by atoms with Crippen LogP contribution < -0.4 is 4.90 Å². The Morgan fingerprint density at radius 3 is 2.40 bits per heavy atom. The van der Waals surface area contributed by atoms with Gasteiger partial charge in [0.05, 0.1) is 0 Å². The number of hydrogen-bond acceptors (Lipinski definition) is 2. The number of anilines is 1. The summed E-state index contributed by atoms with van der Waals surface area (Å²) in [4.78, 5) is 28.0. The molecule has 1 aromatic carbocycles. The molecule has 5 heteroatoms. The van der Waals surface area contributed by atoms with Crippen molar-refractivity contribution in [3.05, 3.63) is 28.7 Å². The van der Waals surface area contributed by atoms with E-state index in [1.165, 1.54) is 0 Å². The molecule has 1 saturated heterocycles. The summed E-state index contributed by atoms with van der Waals surface area (Å²) in [5.41, 5.74) is 0.877. The van der Waals surface area contributed by atoms with Gasteiger partial charge in [-0.15, -0.1) is 0 Å². The molecule has 108 valence electrons. The van der Waals surface area contributed by atoms with Crippen LogP contribution in [0.1, 0.15) is 20.8 Å². The summed E-state index contributed by atoms with van der Waals surface area (Å²) in [6, 6.07) is 7.25. The van der Waals surface area contributed by atoms with Gasteiger partial charge in [0.15, 0.2) is 0 Å². The summed E-state index contributed by atoms with van der Waals surface area (Å²) in [6.07, 6.45) is 0. The van der Waals surface area contributed by atoms with Crippen molar-refractivity contribution in [1.29, 1.82) is 0 Å². The Balaban J connectivity index is 2.17. The highest BCUT2D eigenvalue weighted by Gasteiger charge is 2.35. The third kappa shape index (κ3) is 2.87. The second-order valence-corrected chi connectivity index (χ2v) is 6.24. The molecule has 4 nitrogen and oxygen atoms in total. The Hall–Kier alpha value is -1.36. The summed E-state index contributed by atoms with van der Waals surface area (Å²) >= 11 is 3.38. The number of carbonyl (C=O) groups is 2. The third-order valence-corrected chi connectivity index (χ3v) is 4.10. The largest absolute Gasteiger partial charge is 0.329 e. The molecule has 2 rings (SSSR count). The van der Waals surface area contributed by atoms with Crippen molar-refractivity contribution < 1.29 is 9.59 Å². The van der Waals surface area contributed by atoms with E-state index in [1.54, 1.807) is 16.7 Å². The van der Waals surface area contributed by atoms with E-state index in [0.717, 1.165) is 10.2 Å². The van der Waals surface area contributed by atoms with Crippen LogP contribution in [0.15, 0.2) is 28.7 Å². The van der Waals surface area contributed by atoms with Gasteiger partial charge in [0.2, 0.25) is 11.8 Å². The molecule has 1 heterocycles. The van der Waals surface area contributed by atoms with E-state index in [1.807, 2.05) is 38.1 Å². The van der Waals surface area contributed by atoms with Gasteiger partial charge in [0, 0.05) is 29.2 Å². The van der Waals surface area contributed by atoms with E-state index in [0.29, 0.717) is 13.1 Å². The highest BCUT2D eigenvalue weighted by molar-refractivity contribution is 9.10. The quantitative estimate of drug-likeness (QED) is 0.831. The Labute approximate surface area is 127 Å². The van der Waals surface area contributed by atoms with Crippen LogP contribution in [0, 0.1) is 5.92 Å². The van der Waals surface area contributed by atoms with E-state index < -0.39 is 6.04 Å². The highest BCUT2D eigenvalue weighted by atomic mass is 79.9. The Bertz CT molecular complexity index is 513. The van der Waals surface area contributed by atoms with Crippen LogP contribution >= 0.6 is 15.9 Å². The predicted octanol–water partition coefficient (Wildman–Crippen LogP) is 2.67. The Morgan fingerprint density at radius 2 is 1.85 bits per heavy atom. The van der Waals surface area contributed by atoms with Crippen LogP contribution in [0.2, 0.25) is 0 Å². The average molecular weight is 339 g/mol. The lowest BCUT2D eigenvalue weighted by Gasteiger charge is -2.39. The van der Waals surface area contributed by atoms with Crippen molar-refractivity contribution in [2.75, 3.05) is 18.0 Å². The molecule has 0 spiro atoms. The first-order chi connectivity index (χ1) is 9.41. The first kappa shape index (κ1) is 15.0. The molecular weight excluding hydrogens is 320 g/mol. The van der Waals surface area contributed by atoms with Crippen molar-refractivity contribution in [3.8, 4) is 0 Å². The summed E-state index contributed by atoms with van der Waals surface area (Å²) in [5.74, 6) is -0.0571. The van der Waals surface area contributed by atoms with Crippen molar-refractivity contribution in [1.82, 2.24) is 4.90 Å². The maximum absolute atomic E-state index is 12.5. The molecule has 1 aliphatic rings. The molecular formula is C15H19BrN2O2. The molecule has 20 heavy (non-hydrogen) atoms. The molecule has 1 aliphatic heterocycles. The number of carbonyl (C=O) groups excluding carboxylic acids is 2. The van der Waals surface area contributed by atoms with Crippen LogP contribution in [-0.4, -0.2) is 35.8 Å². The van der Waals surface area contributed by atoms with Crippen LogP contribution in [0.4, 0.5) is 5.69 Å². The molecule has 0 aromatic heterocycles. The summed E-state index contributed by atoms with van der Waals surface area (Å²) in [7, 11) is 0. The minimum atomic E-state index is -0.401. The van der Waals surface area contributed by atoms with Crippen LogP contribution in [0.25, 0.3) is 0 Å². The zero-order valence-corrected chi connectivity index (χ0v) is 13.6. The molecule has 0 radical (unpaired) electrons. The van der Waals surface area contributed by atoms with Gasteiger partial charge >= 0.3 is 0 Å². The maximum Gasteiger partial charge on any atom is 0.249 e. The van der Waals surface area contributed by atoms with E-state index in [-0.39, 0.29) is 17.7 Å². The van der Waals surface area contributed by atoms with Gasteiger partial charge in [-0.25, -0.2) is 0 Å². The van der Waals surface area contributed by atoms with Crippen LogP contribution in [0.3, 0.4) is 0 Å². The van der Waals surface area contributed by atoms with Gasteiger partial charge < -0.3 is 9.80 Å². The summed E-state index contributed by atoms with van der Waals surface area (Å²) in [5, 5.41) is 0. The fourth-order valence-corrected chi connectivity index (χ4v) is 2.64. The number of piperazine rings is 1. The monoisotopic (exact) mass is 338 g/mol. The standard InChI is InChI=1S/C15H19BrN2O2/c1-10(2)14(19)17-8-9-18(15(20)11(17)3)13-6-4-12(16)5-7-13/h4-7,10-11H,8-9H2,1-3H3. The average Bonchev–Trinajstić information content (AvgIpc) is 2.42. The zero-order chi connectivity index (χ0) is 14.9. The normalized spacial score (nSPS) is 19.6. The van der Waals surface area contributed by atoms with Crippen molar-refractivity contribution in [2.24, 2.45) is 5.92 Å². The van der Waals surface area contributed by atoms with Crippen LogP contribution in [-0.2, 0) is 9.59 Å². The molecule has 0 N–H and O–H groups in total. The summed E-state index contributed by atoms with van der Waals surface area (Å²) in [6.45, 7) is 6.65. The molecule has 1 fully saturated rings. The minimum Gasteiger partial charge on any atom is -0.329 e. The second kappa shape index (κ2) is 5.95. The lowest BCUT2D eigenvalue weighted by atomic mass is 10.1. The fourth-order valence-electron chi connectivity index (χ4n) is 2.38. The fraction of sp³-hybridized carbons (Fsp3) is 0.467. The first-order valence-corrected chi connectivity index (χ1v) is 7.58. The van der Waals surface area contributed by atoms with Gasteiger partial charge in [-0.3, -0.25) is 9.59 Å². The Kier molecular flexibility index (Phi) is 4.48. The van der Waals surface area contributed by atoms with Crippen molar-refractivity contribution in [2.45, 2.75) is 26.8 Å². The van der Waals surface area contributed by atoms with E-state index >= 15 is 0 Å². The lowest BCUT2D eigenvalue weighted by Crippen LogP contribution is -2.58. The van der Waals surface area contributed by atoms with Gasteiger partial charge in [-0.1, -0.05) is 29.8 Å². The molecule has 0 aliphatic carbocycles. The smallest absolute Gasteiger partial charge is 0.249 e. The number of benzene rings is 1. The van der Waals surface area contributed by atoms with Gasteiger partial charge in [0.25, 0.3) is 0 Å². The van der Waals surface area contributed by atoms with Gasteiger partial charge in [-0.2, -0.15) is 0 Å². The minimum absolute atomic E-state index is 0.0208. The number of amides is 2. The molecule has 1 aromatic rings. The number of halogens is 1. The summed E-state index contributed by atoms with van der Waals surface area (Å²) < 4.78 is 0.982. The third-order valence-electron chi connectivity index (χ3n) is 3.57. The molecule has 0 saturated carbocycles. The van der Waals surface area contributed by atoms with Crippen molar-refractivity contribution in [3.63, 3.8) is 0 Å². The second-order valence-electron chi connectivity index (χ2n) is 5.33. The lowest BCUT2D eigenvalue weighted by molar-refractivity contribution is -0.143. The SMILES string of the molecule is CC(C)C(=O)N1CCN(c2ccc(Br)cc2)C(=O)C1C.